The molecule has 0 aliphatic rings. The van der Waals surface area contributed by atoms with E-state index in [1.807, 2.05) is 37.3 Å². The van der Waals surface area contributed by atoms with Gasteiger partial charge in [0.05, 0.1) is 6.04 Å². The molecule has 20 heavy (non-hydrogen) atoms. The maximum atomic E-state index is 12.8. The van der Waals surface area contributed by atoms with Crippen LogP contribution in [0.4, 0.5) is 14.9 Å². The predicted octanol–water partition coefficient (Wildman–Crippen LogP) is 4.10. The van der Waals surface area contributed by atoms with Crippen LogP contribution in [0.3, 0.4) is 0 Å². The number of nitrogens with one attached hydrogen (secondary N) is 2. The minimum Gasteiger partial charge on any atom is -0.331 e. The lowest BCUT2D eigenvalue weighted by Crippen LogP contribution is -2.32. The number of rotatable bonds is 4. The number of benzene rings is 2. The van der Waals surface area contributed by atoms with Gasteiger partial charge in [-0.1, -0.05) is 37.3 Å². The van der Waals surface area contributed by atoms with E-state index in [4.69, 9.17) is 0 Å². The average Bonchev–Trinajstić information content (AvgIpc) is 2.48. The summed E-state index contributed by atoms with van der Waals surface area (Å²) in [7, 11) is 0. The van der Waals surface area contributed by atoms with E-state index in [9.17, 15) is 9.18 Å². The van der Waals surface area contributed by atoms with Crippen molar-refractivity contribution < 1.29 is 9.18 Å². The van der Waals surface area contributed by atoms with Crippen molar-refractivity contribution in [3.63, 3.8) is 0 Å². The van der Waals surface area contributed by atoms with E-state index in [1.165, 1.54) is 24.3 Å². The Kier molecular flexibility index (Phi) is 4.71. The highest BCUT2D eigenvalue weighted by Crippen LogP contribution is 2.16. The molecule has 2 amide bonds. The summed E-state index contributed by atoms with van der Waals surface area (Å²) in [5.41, 5.74) is 1.62. The molecular weight excluding hydrogens is 255 g/mol. The van der Waals surface area contributed by atoms with E-state index in [1.54, 1.807) is 0 Å². The molecule has 3 nitrogen and oxygen atoms in total. The van der Waals surface area contributed by atoms with Crippen LogP contribution in [-0.4, -0.2) is 6.03 Å². The molecule has 0 radical (unpaired) electrons. The first kappa shape index (κ1) is 14.1. The molecular formula is C16H17FN2O. The first-order valence-corrected chi connectivity index (χ1v) is 6.57. The third kappa shape index (κ3) is 3.82. The highest BCUT2D eigenvalue weighted by Gasteiger charge is 2.12. The van der Waals surface area contributed by atoms with Crippen molar-refractivity contribution in [2.24, 2.45) is 0 Å². The molecule has 0 saturated heterocycles. The Labute approximate surface area is 117 Å². The van der Waals surface area contributed by atoms with Crippen molar-refractivity contribution in [1.82, 2.24) is 5.32 Å². The number of amides is 2. The van der Waals surface area contributed by atoms with E-state index >= 15 is 0 Å². The SMILES string of the molecule is CCC(NC(=O)Nc1ccc(F)cc1)c1ccccc1. The van der Waals surface area contributed by atoms with Gasteiger partial charge in [0.25, 0.3) is 0 Å². The number of carbonyl (C=O) groups is 1. The minimum atomic E-state index is -0.327. The van der Waals surface area contributed by atoms with Gasteiger partial charge in [0, 0.05) is 5.69 Å². The summed E-state index contributed by atoms with van der Waals surface area (Å²) in [6.45, 7) is 2.01. The van der Waals surface area contributed by atoms with Crippen LogP contribution < -0.4 is 10.6 Å². The van der Waals surface area contributed by atoms with Crippen LogP contribution in [0, 0.1) is 5.82 Å². The van der Waals surface area contributed by atoms with Gasteiger partial charge in [-0.25, -0.2) is 9.18 Å². The van der Waals surface area contributed by atoms with Crippen molar-refractivity contribution in [1.29, 1.82) is 0 Å². The molecule has 104 valence electrons. The van der Waals surface area contributed by atoms with E-state index in [2.05, 4.69) is 10.6 Å². The molecule has 1 unspecified atom stereocenters. The molecule has 0 bridgehead atoms. The van der Waals surface area contributed by atoms with Crippen LogP contribution in [0.15, 0.2) is 54.6 Å². The molecule has 4 heteroatoms. The summed E-state index contributed by atoms with van der Waals surface area (Å²) < 4.78 is 12.8. The highest BCUT2D eigenvalue weighted by atomic mass is 19.1. The van der Waals surface area contributed by atoms with Crippen LogP contribution >= 0.6 is 0 Å². The quantitative estimate of drug-likeness (QED) is 0.864. The maximum Gasteiger partial charge on any atom is 0.319 e. The lowest BCUT2D eigenvalue weighted by molar-refractivity contribution is 0.248. The highest BCUT2D eigenvalue weighted by molar-refractivity contribution is 5.89. The van der Waals surface area contributed by atoms with Crippen LogP contribution in [0.5, 0.6) is 0 Å². The summed E-state index contributed by atoms with van der Waals surface area (Å²) in [4.78, 5) is 11.9. The monoisotopic (exact) mass is 272 g/mol. The van der Waals surface area contributed by atoms with E-state index in [-0.39, 0.29) is 17.9 Å². The molecule has 0 saturated carbocycles. The van der Waals surface area contributed by atoms with Gasteiger partial charge in [0.1, 0.15) is 5.82 Å². The van der Waals surface area contributed by atoms with Crippen LogP contribution in [-0.2, 0) is 0 Å². The normalized spacial score (nSPS) is 11.7. The fourth-order valence-corrected chi connectivity index (χ4v) is 1.97. The molecule has 1 atom stereocenters. The first-order valence-electron chi connectivity index (χ1n) is 6.57. The van der Waals surface area contributed by atoms with Gasteiger partial charge in [0.15, 0.2) is 0 Å². The molecule has 2 aromatic carbocycles. The number of hydrogen-bond donors (Lipinski definition) is 2. The molecule has 2 aromatic rings. The Morgan fingerprint density at radius 1 is 1.10 bits per heavy atom. The van der Waals surface area contributed by atoms with Crippen LogP contribution in [0.25, 0.3) is 0 Å². The number of hydrogen-bond acceptors (Lipinski definition) is 1. The second-order valence-electron chi connectivity index (χ2n) is 4.48. The lowest BCUT2D eigenvalue weighted by atomic mass is 10.1. The Bertz CT molecular complexity index is 554. The number of urea groups is 1. The zero-order valence-electron chi connectivity index (χ0n) is 11.3. The standard InChI is InChI=1S/C16H17FN2O/c1-2-15(12-6-4-3-5-7-12)19-16(20)18-14-10-8-13(17)9-11-14/h3-11,15H,2H2,1H3,(H2,18,19,20). The zero-order valence-corrected chi connectivity index (χ0v) is 11.3. The van der Waals surface area contributed by atoms with Gasteiger partial charge in [-0.2, -0.15) is 0 Å². The molecule has 0 heterocycles. The second kappa shape index (κ2) is 6.70. The van der Waals surface area contributed by atoms with Crippen molar-refractivity contribution in [3.05, 3.63) is 66.0 Å². The predicted molar refractivity (Wildman–Crippen MR) is 78.0 cm³/mol. The summed E-state index contributed by atoms with van der Waals surface area (Å²) in [6.07, 6.45) is 0.793. The van der Waals surface area contributed by atoms with Crippen molar-refractivity contribution >= 4 is 11.7 Å². The van der Waals surface area contributed by atoms with Gasteiger partial charge in [-0.3, -0.25) is 0 Å². The summed E-state index contributed by atoms with van der Waals surface area (Å²) >= 11 is 0. The third-order valence-corrected chi connectivity index (χ3v) is 3.02. The number of carbonyl (C=O) groups excluding carboxylic acids is 1. The Balaban J connectivity index is 1.97. The van der Waals surface area contributed by atoms with Crippen molar-refractivity contribution in [2.45, 2.75) is 19.4 Å². The molecule has 0 fully saturated rings. The Morgan fingerprint density at radius 2 is 1.75 bits per heavy atom. The van der Waals surface area contributed by atoms with E-state index in [0.717, 1.165) is 12.0 Å². The smallest absolute Gasteiger partial charge is 0.319 e. The molecule has 0 aliphatic carbocycles. The fourth-order valence-electron chi connectivity index (χ4n) is 1.97. The van der Waals surface area contributed by atoms with E-state index in [0.29, 0.717) is 5.69 Å². The second-order valence-corrected chi connectivity index (χ2v) is 4.48. The van der Waals surface area contributed by atoms with Gasteiger partial charge in [-0.15, -0.1) is 0 Å². The molecule has 2 N–H and O–H groups in total. The van der Waals surface area contributed by atoms with Crippen molar-refractivity contribution in [3.8, 4) is 0 Å². The summed E-state index contributed by atoms with van der Waals surface area (Å²) in [5, 5.41) is 5.59. The molecule has 0 aromatic heterocycles. The van der Waals surface area contributed by atoms with Gasteiger partial charge >= 0.3 is 6.03 Å². The first-order chi connectivity index (χ1) is 9.69. The van der Waals surface area contributed by atoms with Crippen LogP contribution in [0.1, 0.15) is 24.9 Å². The molecule has 0 spiro atoms. The topological polar surface area (TPSA) is 41.1 Å². The maximum absolute atomic E-state index is 12.8. The van der Waals surface area contributed by atoms with Gasteiger partial charge in [0.2, 0.25) is 0 Å². The van der Waals surface area contributed by atoms with Gasteiger partial charge in [-0.05, 0) is 36.2 Å². The average molecular weight is 272 g/mol. The number of anilines is 1. The minimum absolute atomic E-state index is 0.0448. The zero-order chi connectivity index (χ0) is 14.4. The van der Waals surface area contributed by atoms with Crippen molar-refractivity contribution in [2.75, 3.05) is 5.32 Å². The Morgan fingerprint density at radius 3 is 2.35 bits per heavy atom. The fraction of sp³-hybridized carbons (Fsp3) is 0.188. The largest absolute Gasteiger partial charge is 0.331 e. The summed E-state index contributed by atoms with van der Waals surface area (Å²) in [6, 6.07) is 15.1. The van der Waals surface area contributed by atoms with Gasteiger partial charge < -0.3 is 10.6 Å². The van der Waals surface area contributed by atoms with Crippen LogP contribution in [0.2, 0.25) is 0 Å². The lowest BCUT2D eigenvalue weighted by Gasteiger charge is -2.17. The molecule has 0 aliphatic heterocycles. The molecule has 2 rings (SSSR count). The number of halogens is 1. The van der Waals surface area contributed by atoms with E-state index < -0.39 is 0 Å². The summed E-state index contributed by atoms with van der Waals surface area (Å²) in [5.74, 6) is -0.327. The Hall–Kier alpha value is -2.36. The third-order valence-electron chi connectivity index (χ3n) is 3.02.